The van der Waals surface area contributed by atoms with Crippen LogP contribution < -0.4 is 5.32 Å². The Hall–Kier alpha value is -0.830. The summed E-state index contributed by atoms with van der Waals surface area (Å²) in [4.78, 5) is 0. The summed E-state index contributed by atoms with van der Waals surface area (Å²) in [7, 11) is 0. The topological polar surface area (TPSA) is 29.9 Å². The third-order valence-electron chi connectivity index (χ3n) is 3.03. The largest absolute Gasteiger partial charge is 0.314 e. The smallest absolute Gasteiger partial charge is 0.0521 e. The van der Waals surface area contributed by atoms with E-state index in [1.165, 1.54) is 12.0 Å². The van der Waals surface area contributed by atoms with Gasteiger partial charge < -0.3 is 5.32 Å². The Labute approximate surface area is 99.2 Å². The molecule has 1 aromatic rings. The summed E-state index contributed by atoms with van der Waals surface area (Å²) < 4.78 is 1.99. The lowest BCUT2D eigenvalue weighted by Crippen LogP contribution is -2.34. The molecule has 16 heavy (non-hydrogen) atoms. The van der Waals surface area contributed by atoms with E-state index in [9.17, 15) is 0 Å². The average Bonchev–Trinajstić information content (AvgIpc) is 2.71. The highest BCUT2D eigenvalue weighted by atomic mass is 15.3. The van der Waals surface area contributed by atoms with E-state index in [4.69, 9.17) is 0 Å². The van der Waals surface area contributed by atoms with Gasteiger partial charge in [0.1, 0.15) is 0 Å². The summed E-state index contributed by atoms with van der Waals surface area (Å²) in [5.74, 6) is 0.696. The first-order valence-electron chi connectivity index (χ1n) is 6.42. The zero-order valence-corrected chi connectivity index (χ0v) is 11.0. The first kappa shape index (κ1) is 13.2. The van der Waals surface area contributed by atoms with Gasteiger partial charge in [-0.25, -0.2) is 0 Å². The van der Waals surface area contributed by atoms with Crippen molar-refractivity contribution in [1.82, 2.24) is 15.1 Å². The average molecular weight is 223 g/mol. The first-order chi connectivity index (χ1) is 7.67. The van der Waals surface area contributed by atoms with E-state index >= 15 is 0 Å². The molecule has 0 amide bonds. The third kappa shape index (κ3) is 3.97. The molecule has 0 fully saturated rings. The van der Waals surface area contributed by atoms with Crippen LogP contribution >= 0.6 is 0 Å². The third-order valence-corrected chi connectivity index (χ3v) is 3.03. The second kappa shape index (κ2) is 6.69. The summed E-state index contributed by atoms with van der Waals surface area (Å²) in [5.41, 5.74) is 1.35. The van der Waals surface area contributed by atoms with Gasteiger partial charge in [0, 0.05) is 18.8 Å². The molecular formula is C13H25N3. The highest BCUT2D eigenvalue weighted by Crippen LogP contribution is 2.10. The second-order valence-corrected chi connectivity index (χ2v) is 4.65. The van der Waals surface area contributed by atoms with E-state index in [2.05, 4.69) is 44.3 Å². The fourth-order valence-electron chi connectivity index (χ4n) is 1.96. The molecule has 0 saturated carbocycles. The van der Waals surface area contributed by atoms with Gasteiger partial charge in [0.05, 0.1) is 6.20 Å². The van der Waals surface area contributed by atoms with E-state index in [0.717, 1.165) is 19.5 Å². The molecule has 3 heteroatoms. The summed E-state index contributed by atoms with van der Waals surface area (Å²) in [6.45, 7) is 10.9. The molecule has 0 aliphatic rings. The van der Waals surface area contributed by atoms with Gasteiger partial charge in [0.2, 0.25) is 0 Å². The first-order valence-corrected chi connectivity index (χ1v) is 6.42. The minimum atomic E-state index is 0.620. The molecule has 0 bridgehead atoms. The Morgan fingerprint density at radius 2 is 2.12 bits per heavy atom. The van der Waals surface area contributed by atoms with Crippen molar-refractivity contribution in [2.45, 2.75) is 53.1 Å². The van der Waals surface area contributed by atoms with Crippen molar-refractivity contribution in [1.29, 1.82) is 0 Å². The van der Waals surface area contributed by atoms with Crippen molar-refractivity contribution >= 4 is 0 Å². The molecule has 3 nitrogen and oxygen atoms in total. The Balaban J connectivity index is 2.42. The van der Waals surface area contributed by atoms with Crippen molar-refractivity contribution in [2.75, 3.05) is 6.54 Å². The fraction of sp³-hybridized carbons (Fsp3) is 0.769. The molecule has 0 spiro atoms. The zero-order valence-electron chi connectivity index (χ0n) is 11.0. The molecule has 0 aliphatic carbocycles. The molecule has 1 unspecified atom stereocenters. The van der Waals surface area contributed by atoms with Gasteiger partial charge >= 0.3 is 0 Å². The van der Waals surface area contributed by atoms with Gasteiger partial charge in [0.25, 0.3) is 0 Å². The lowest BCUT2D eigenvalue weighted by Gasteiger charge is -2.21. The fourth-order valence-corrected chi connectivity index (χ4v) is 1.96. The molecule has 92 valence electrons. The van der Waals surface area contributed by atoms with E-state index in [0.29, 0.717) is 12.0 Å². The molecule has 1 aromatic heterocycles. The SMILES string of the molecule is CCNC(CCc1cnn(CC)c1)C(C)C. The minimum absolute atomic E-state index is 0.620. The monoisotopic (exact) mass is 223 g/mol. The van der Waals surface area contributed by atoms with Crippen molar-refractivity contribution < 1.29 is 0 Å². The molecule has 1 N–H and O–H groups in total. The Bertz CT molecular complexity index is 291. The predicted molar refractivity (Wildman–Crippen MR) is 68.5 cm³/mol. The van der Waals surface area contributed by atoms with Gasteiger partial charge in [-0.2, -0.15) is 5.10 Å². The lowest BCUT2D eigenvalue weighted by molar-refractivity contribution is 0.385. The van der Waals surface area contributed by atoms with Crippen LogP contribution in [0.1, 0.15) is 39.7 Å². The lowest BCUT2D eigenvalue weighted by atomic mass is 9.98. The maximum Gasteiger partial charge on any atom is 0.0521 e. The van der Waals surface area contributed by atoms with E-state index in [-0.39, 0.29) is 0 Å². The standard InChI is InChI=1S/C13H25N3/c1-5-14-13(11(3)4)8-7-12-9-15-16(6-2)10-12/h9-11,13-14H,5-8H2,1-4H3. The Morgan fingerprint density at radius 1 is 1.38 bits per heavy atom. The van der Waals surface area contributed by atoms with Crippen LogP contribution in [0.3, 0.4) is 0 Å². The van der Waals surface area contributed by atoms with Crippen molar-refractivity contribution in [3.05, 3.63) is 18.0 Å². The summed E-state index contributed by atoms with van der Waals surface area (Å²) in [6, 6.07) is 0.620. The predicted octanol–water partition coefficient (Wildman–Crippen LogP) is 2.47. The molecule has 0 aliphatic heterocycles. The van der Waals surface area contributed by atoms with Crippen molar-refractivity contribution in [3.63, 3.8) is 0 Å². The number of nitrogens with one attached hydrogen (secondary N) is 1. The molecule has 1 atom stereocenters. The summed E-state index contributed by atoms with van der Waals surface area (Å²) >= 11 is 0. The highest BCUT2D eigenvalue weighted by molar-refractivity contribution is 5.04. The maximum absolute atomic E-state index is 4.30. The highest BCUT2D eigenvalue weighted by Gasteiger charge is 2.11. The van der Waals surface area contributed by atoms with Gasteiger partial charge in [-0.1, -0.05) is 20.8 Å². The number of rotatable bonds is 7. The number of aromatic nitrogens is 2. The molecular weight excluding hydrogens is 198 g/mol. The molecule has 1 heterocycles. The summed E-state index contributed by atoms with van der Waals surface area (Å²) in [5, 5.41) is 7.85. The molecule has 1 rings (SSSR count). The number of nitrogens with zero attached hydrogens (tertiary/aromatic N) is 2. The Morgan fingerprint density at radius 3 is 2.62 bits per heavy atom. The van der Waals surface area contributed by atoms with E-state index < -0.39 is 0 Å². The van der Waals surface area contributed by atoms with Gasteiger partial charge in [-0.15, -0.1) is 0 Å². The van der Waals surface area contributed by atoms with Gasteiger partial charge in [0.15, 0.2) is 0 Å². The van der Waals surface area contributed by atoms with Crippen LogP contribution in [0.2, 0.25) is 0 Å². The van der Waals surface area contributed by atoms with Crippen molar-refractivity contribution in [3.8, 4) is 0 Å². The normalized spacial score (nSPS) is 13.3. The quantitative estimate of drug-likeness (QED) is 0.769. The second-order valence-electron chi connectivity index (χ2n) is 4.65. The zero-order chi connectivity index (χ0) is 12.0. The van der Waals surface area contributed by atoms with Crippen LogP contribution in [0.25, 0.3) is 0 Å². The maximum atomic E-state index is 4.30. The van der Waals surface area contributed by atoms with Crippen LogP contribution in [-0.4, -0.2) is 22.4 Å². The number of hydrogen-bond donors (Lipinski definition) is 1. The minimum Gasteiger partial charge on any atom is -0.314 e. The Kier molecular flexibility index (Phi) is 5.53. The molecule has 0 radical (unpaired) electrons. The van der Waals surface area contributed by atoms with Crippen LogP contribution in [0.4, 0.5) is 0 Å². The van der Waals surface area contributed by atoms with Crippen LogP contribution in [0.5, 0.6) is 0 Å². The van der Waals surface area contributed by atoms with Gasteiger partial charge in [-0.3, -0.25) is 4.68 Å². The van der Waals surface area contributed by atoms with Crippen molar-refractivity contribution in [2.24, 2.45) is 5.92 Å². The number of aryl methyl sites for hydroxylation is 2. The molecule has 0 saturated heterocycles. The van der Waals surface area contributed by atoms with Crippen LogP contribution in [0.15, 0.2) is 12.4 Å². The van der Waals surface area contributed by atoms with Crippen LogP contribution in [-0.2, 0) is 13.0 Å². The van der Waals surface area contributed by atoms with E-state index in [1.807, 2.05) is 10.9 Å². The van der Waals surface area contributed by atoms with Crippen LogP contribution in [0, 0.1) is 5.92 Å². The van der Waals surface area contributed by atoms with E-state index in [1.54, 1.807) is 0 Å². The van der Waals surface area contributed by atoms with Gasteiger partial charge in [-0.05, 0) is 37.8 Å². The summed E-state index contributed by atoms with van der Waals surface area (Å²) in [6.07, 6.45) is 6.47. The number of hydrogen-bond acceptors (Lipinski definition) is 2. The molecule has 0 aromatic carbocycles.